The van der Waals surface area contributed by atoms with Gasteiger partial charge in [0, 0.05) is 19.4 Å². The zero-order valence-corrected chi connectivity index (χ0v) is 10.4. The van der Waals surface area contributed by atoms with Crippen LogP contribution in [-0.2, 0) is 11.2 Å². The predicted molar refractivity (Wildman–Crippen MR) is 63.7 cm³/mol. The molecule has 6 nitrogen and oxygen atoms in total. The van der Waals surface area contributed by atoms with Crippen molar-refractivity contribution in [2.45, 2.75) is 26.7 Å². The van der Waals surface area contributed by atoms with Crippen LogP contribution in [0.15, 0.2) is 21.2 Å². The van der Waals surface area contributed by atoms with E-state index in [9.17, 15) is 4.79 Å². The Bertz CT molecular complexity index is 530. The Morgan fingerprint density at radius 3 is 2.94 bits per heavy atom. The van der Waals surface area contributed by atoms with Gasteiger partial charge in [0.15, 0.2) is 0 Å². The number of nitrogens with zero attached hydrogens (tertiary/aromatic N) is 2. The van der Waals surface area contributed by atoms with E-state index in [1.54, 1.807) is 12.3 Å². The Hall–Kier alpha value is -2.11. The molecule has 96 valence electrons. The maximum absolute atomic E-state index is 11.3. The van der Waals surface area contributed by atoms with Crippen molar-refractivity contribution >= 4 is 5.91 Å². The maximum Gasteiger partial charge on any atom is 0.251 e. The van der Waals surface area contributed by atoms with Crippen molar-refractivity contribution < 1.29 is 13.6 Å². The first kappa shape index (κ1) is 12.3. The highest BCUT2D eigenvalue weighted by atomic mass is 16.4. The highest BCUT2D eigenvalue weighted by molar-refractivity contribution is 5.75. The molecule has 0 aliphatic carbocycles. The van der Waals surface area contributed by atoms with Crippen molar-refractivity contribution in [2.75, 3.05) is 6.54 Å². The molecule has 1 amide bonds. The number of aromatic nitrogens is 2. The third-order valence-corrected chi connectivity index (χ3v) is 2.50. The van der Waals surface area contributed by atoms with Gasteiger partial charge in [-0.25, -0.2) is 0 Å². The van der Waals surface area contributed by atoms with E-state index >= 15 is 0 Å². The molecule has 0 spiro atoms. The van der Waals surface area contributed by atoms with E-state index in [1.165, 1.54) is 0 Å². The summed E-state index contributed by atoms with van der Waals surface area (Å²) in [5.41, 5.74) is 0.784. The molecule has 0 fully saturated rings. The number of furan rings is 1. The molecule has 0 aliphatic rings. The molecule has 0 bridgehead atoms. The van der Waals surface area contributed by atoms with Crippen molar-refractivity contribution in [1.82, 2.24) is 15.5 Å². The van der Waals surface area contributed by atoms with E-state index in [0.717, 1.165) is 11.3 Å². The van der Waals surface area contributed by atoms with Gasteiger partial charge in [-0.2, -0.15) is 0 Å². The minimum Gasteiger partial charge on any atom is -0.469 e. The summed E-state index contributed by atoms with van der Waals surface area (Å²) >= 11 is 0. The lowest BCUT2D eigenvalue weighted by molar-refractivity contribution is -0.121. The van der Waals surface area contributed by atoms with Crippen molar-refractivity contribution in [3.63, 3.8) is 0 Å². The van der Waals surface area contributed by atoms with Crippen LogP contribution in [0, 0.1) is 6.92 Å². The van der Waals surface area contributed by atoms with Crippen LogP contribution >= 0.6 is 0 Å². The number of hydrogen-bond acceptors (Lipinski definition) is 5. The van der Waals surface area contributed by atoms with E-state index in [0.29, 0.717) is 31.2 Å². The van der Waals surface area contributed by atoms with Gasteiger partial charge in [0.2, 0.25) is 11.8 Å². The molecule has 0 atom stereocenters. The minimum absolute atomic E-state index is 0.0169. The Morgan fingerprint density at radius 2 is 2.28 bits per heavy atom. The molecule has 0 aromatic carbocycles. The number of amides is 1. The van der Waals surface area contributed by atoms with E-state index < -0.39 is 0 Å². The topological polar surface area (TPSA) is 81.2 Å². The van der Waals surface area contributed by atoms with Gasteiger partial charge in [-0.1, -0.05) is 0 Å². The predicted octanol–water partition coefficient (Wildman–Crippen LogP) is 1.71. The molecular weight excluding hydrogens is 234 g/mol. The van der Waals surface area contributed by atoms with Crippen molar-refractivity contribution in [1.29, 1.82) is 0 Å². The molecule has 0 saturated heterocycles. The second-order valence-corrected chi connectivity index (χ2v) is 3.84. The Labute approximate surface area is 104 Å². The van der Waals surface area contributed by atoms with Gasteiger partial charge in [0.25, 0.3) is 5.89 Å². The molecule has 0 aliphatic heterocycles. The Morgan fingerprint density at radius 1 is 1.44 bits per heavy atom. The molecule has 2 heterocycles. The van der Waals surface area contributed by atoms with E-state index in [4.69, 9.17) is 8.83 Å². The lowest BCUT2D eigenvalue weighted by Gasteiger charge is -1.98. The number of rotatable bonds is 5. The van der Waals surface area contributed by atoms with Gasteiger partial charge in [-0.05, 0) is 19.9 Å². The third-order valence-electron chi connectivity index (χ3n) is 2.50. The minimum atomic E-state index is -0.0169. The number of hydrogen-bond donors (Lipinski definition) is 1. The fraction of sp³-hybridized carbons (Fsp3) is 0.417. The molecule has 2 aromatic heterocycles. The van der Waals surface area contributed by atoms with Gasteiger partial charge in [0.1, 0.15) is 5.76 Å². The van der Waals surface area contributed by atoms with Crippen LogP contribution < -0.4 is 5.32 Å². The van der Waals surface area contributed by atoms with Crippen LogP contribution in [-0.4, -0.2) is 22.6 Å². The average molecular weight is 249 g/mol. The highest BCUT2D eigenvalue weighted by Crippen LogP contribution is 2.22. The van der Waals surface area contributed by atoms with E-state index in [2.05, 4.69) is 15.5 Å². The zero-order chi connectivity index (χ0) is 13.0. The lowest BCUT2D eigenvalue weighted by atomic mass is 10.2. The number of carbonyl (C=O) groups is 1. The molecule has 18 heavy (non-hydrogen) atoms. The summed E-state index contributed by atoms with van der Waals surface area (Å²) in [7, 11) is 0. The van der Waals surface area contributed by atoms with Crippen LogP contribution in [0.1, 0.15) is 25.0 Å². The smallest absolute Gasteiger partial charge is 0.251 e. The second-order valence-electron chi connectivity index (χ2n) is 3.84. The second kappa shape index (κ2) is 5.48. The van der Waals surface area contributed by atoms with Gasteiger partial charge in [-0.3, -0.25) is 4.79 Å². The summed E-state index contributed by atoms with van der Waals surface area (Å²) in [6.45, 7) is 4.33. The molecule has 0 unspecified atom stereocenters. The van der Waals surface area contributed by atoms with Gasteiger partial charge < -0.3 is 14.2 Å². The average Bonchev–Trinajstić information content (AvgIpc) is 2.95. The van der Waals surface area contributed by atoms with Gasteiger partial charge >= 0.3 is 0 Å². The lowest BCUT2D eigenvalue weighted by Crippen LogP contribution is -2.22. The van der Waals surface area contributed by atoms with Crippen LogP contribution in [0.3, 0.4) is 0 Å². The maximum atomic E-state index is 11.3. The van der Waals surface area contributed by atoms with Crippen molar-refractivity contribution in [3.05, 3.63) is 24.0 Å². The van der Waals surface area contributed by atoms with Crippen LogP contribution in [0.2, 0.25) is 0 Å². The first-order valence-corrected chi connectivity index (χ1v) is 5.84. The number of carbonyl (C=O) groups excluding carboxylic acids is 1. The fourth-order valence-electron chi connectivity index (χ4n) is 1.58. The standard InChI is InChI=1S/C12H15N3O3/c1-3-13-10(16)4-5-11-14-15-12(18-11)9-6-7-17-8(9)2/h6-7H,3-5H2,1-2H3,(H,13,16). The third kappa shape index (κ3) is 2.77. The largest absolute Gasteiger partial charge is 0.469 e. The summed E-state index contributed by atoms with van der Waals surface area (Å²) in [4.78, 5) is 11.3. The fourth-order valence-corrected chi connectivity index (χ4v) is 1.58. The Kier molecular flexibility index (Phi) is 3.76. The summed E-state index contributed by atoms with van der Waals surface area (Å²) in [5.74, 6) is 1.59. The molecule has 6 heteroatoms. The van der Waals surface area contributed by atoms with E-state index in [1.807, 2.05) is 13.8 Å². The zero-order valence-electron chi connectivity index (χ0n) is 10.4. The Balaban J connectivity index is 1.99. The van der Waals surface area contributed by atoms with Crippen LogP contribution in [0.25, 0.3) is 11.5 Å². The van der Waals surface area contributed by atoms with E-state index in [-0.39, 0.29) is 5.91 Å². The van der Waals surface area contributed by atoms with Gasteiger partial charge in [-0.15, -0.1) is 10.2 Å². The number of nitrogens with one attached hydrogen (secondary N) is 1. The number of aryl methyl sites for hydroxylation is 2. The molecular formula is C12H15N3O3. The molecule has 0 radical (unpaired) electrons. The van der Waals surface area contributed by atoms with Crippen molar-refractivity contribution in [2.24, 2.45) is 0 Å². The molecule has 1 N–H and O–H groups in total. The van der Waals surface area contributed by atoms with Gasteiger partial charge in [0.05, 0.1) is 11.8 Å². The summed E-state index contributed by atoms with van der Waals surface area (Å²) < 4.78 is 10.6. The van der Waals surface area contributed by atoms with Crippen molar-refractivity contribution in [3.8, 4) is 11.5 Å². The summed E-state index contributed by atoms with van der Waals surface area (Å²) in [6.07, 6.45) is 2.36. The molecule has 0 saturated carbocycles. The molecule has 2 rings (SSSR count). The van der Waals surface area contributed by atoms with Crippen LogP contribution in [0.4, 0.5) is 0 Å². The first-order valence-electron chi connectivity index (χ1n) is 5.84. The van der Waals surface area contributed by atoms with Crippen LogP contribution in [0.5, 0.6) is 0 Å². The summed E-state index contributed by atoms with van der Waals surface area (Å²) in [5, 5.41) is 10.6. The first-order chi connectivity index (χ1) is 8.70. The quantitative estimate of drug-likeness (QED) is 0.872. The molecule has 2 aromatic rings. The normalized spacial score (nSPS) is 10.6. The highest BCUT2D eigenvalue weighted by Gasteiger charge is 2.13. The SMILES string of the molecule is CCNC(=O)CCc1nnc(-c2ccoc2C)o1. The monoisotopic (exact) mass is 249 g/mol. The summed E-state index contributed by atoms with van der Waals surface area (Å²) in [6, 6.07) is 1.77.